The second-order valence-corrected chi connectivity index (χ2v) is 7.75. The van der Waals surface area contributed by atoms with E-state index < -0.39 is 0 Å². The minimum atomic E-state index is -0.0139. The van der Waals surface area contributed by atoms with Crippen molar-refractivity contribution in [2.45, 2.75) is 26.7 Å². The van der Waals surface area contributed by atoms with Crippen molar-refractivity contribution in [3.63, 3.8) is 0 Å². The minimum Gasteiger partial charge on any atom is -0.496 e. The largest absolute Gasteiger partial charge is 0.496 e. The zero-order valence-corrected chi connectivity index (χ0v) is 16.1. The van der Waals surface area contributed by atoms with Gasteiger partial charge in [-0.2, -0.15) is 0 Å². The molecule has 2 aromatic heterocycles. The lowest BCUT2D eigenvalue weighted by atomic mass is 9.96. The van der Waals surface area contributed by atoms with Crippen LogP contribution in [0.25, 0.3) is 22.1 Å². The third-order valence-corrected chi connectivity index (χ3v) is 5.64. The molecule has 4 nitrogen and oxygen atoms in total. The number of methoxy groups -OCH3 is 1. The lowest BCUT2D eigenvalue weighted by Gasteiger charge is -2.14. The number of aryl methyl sites for hydroxylation is 1. The van der Waals surface area contributed by atoms with E-state index in [2.05, 4.69) is 24.9 Å². The van der Waals surface area contributed by atoms with Crippen LogP contribution in [0.3, 0.4) is 0 Å². The molecule has 0 atom stereocenters. The quantitative estimate of drug-likeness (QED) is 0.554. The first-order chi connectivity index (χ1) is 12.5. The highest BCUT2D eigenvalue weighted by atomic mass is 32.1. The van der Waals surface area contributed by atoms with E-state index in [-0.39, 0.29) is 5.56 Å². The predicted molar refractivity (Wildman–Crippen MR) is 107 cm³/mol. The van der Waals surface area contributed by atoms with Crippen LogP contribution in [0.4, 0.5) is 0 Å². The van der Waals surface area contributed by atoms with Crippen LogP contribution in [0.15, 0.2) is 41.2 Å². The molecular weight excluding hydrogens is 344 g/mol. The van der Waals surface area contributed by atoms with Gasteiger partial charge in [0.15, 0.2) is 4.96 Å². The van der Waals surface area contributed by atoms with Crippen LogP contribution in [-0.2, 0) is 0 Å². The van der Waals surface area contributed by atoms with E-state index in [1.165, 1.54) is 11.3 Å². The molecule has 2 heterocycles. The number of hydrogen-bond donors (Lipinski definition) is 0. The highest BCUT2D eigenvalue weighted by molar-refractivity contribution is 7.15. The molecule has 4 aromatic rings. The molecule has 0 unspecified atom stereocenters. The monoisotopic (exact) mass is 364 g/mol. The van der Waals surface area contributed by atoms with Gasteiger partial charge < -0.3 is 4.74 Å². The maximum absolute atomic E-state index is 12.9. The maximum Gasteiger partial charge on any atom is 0.274 e. The van der Waals surface area contributed by atoms with Crippen LogP contribution in [0.2, 0.25) is 0 Å². The molecule has 2 aromatic carbocycles. The van der Waals surface area contributed by atoms with Crippen molar-refractivity contribution in [1.82, 2.24) is 9.38 Å². The third kappa shape index (κ3) is 2.59. The topological polar surface area (TPSA) is 43.6 Å². The van der Waals surface area contributed by atoms with Gasteiger partial charge in [0, 0.05) is 0 Å². The van der Waals surface area contributed by atoms with Crippen LogP contribution in [0.1, 0.15) is 36.5 Å². The van der Waals surface area contributed by atoms with Gasteiger partial charge in [0.05, 0.1) is 22.7 Å². The summed E-state index contributed by atoms with van der Waals surface area (Å²) >= 11 is 1.43. The number of aromatic nitrogens is 2. The number of imidazole rings is 1. The van der Waals surface area contributed by atoms with E-state index in [0.717, 1.165) is 38.4 Å². The second kappa shape index (κ2) is 6.25. The first-order valence-corrected chi connectivity index (χ1v) is 9.41. The van der Waals surface area contributed by atoms with Crippen molar-refractivity contribution < 1.29 is 4.74 Å². The number of benzene rings is 2. The fraction of sp³-hybridized carbons (Fsp3) is 0.238. The Morgan fingerprint density at radius 1 is 1.23 bits per heavy atom. The maximum atomic E-state index is 12.9. The summed E-state index contributed by atoms with van der Waals surface area (Å²) < 4.78 is 7.91. The Bertz CT molecular complexity index is 1230. The number of para-hydroxylation sites is 2. The van der Waals surface area contributed by atoms with E-state index in [4.69, 9.17) is 4.74 Å². The molecule has 0 radical (unpaired) electrons. The summed E-state index contributed by atoms with van der Waals surface area (Å²) in [5.74, 6) is 1.23. The van der Waals surface area contributed by atoms with Crippen LogP contribution in [0.5, 0.6) is 5.75 Å². The fourth-order valence-corrected chi connectivity index (χ4v) is 4.23. The SMILES string of the molecule is COc1cc(C)c(/C=c2\sc3nc4ccccc4n3c2=O)cc1C(C)C. The number of nitrogens with zero attached hydrogens (tertiary/aromatic N) is 2. The molecule has 0 aliphatic rings. The molecule has 132 valence electrons. The van der Waals surface area contributed by atoms with E-state index in [9.17, 15) is 4.79 Å². The molecule has 4 rings (SSSR count). The van der Waals surface area contributed by atoms with E-state index >= 15 is 0 Å². The average molecular weight is 364 g/mol. The van der Waals surface area contributed by atoms with Gasteiger partial charge in [0.25, 0.3) is 5.56 Å². The highest BCUT2D eigenvalue weighted by Gasteiger charge is 2.13. The fourth-order valence-electron chi connectivity index (χ4n) is 3.25. The Labute approximate surface area is 155 Å². The van der Waals surface area contributed by atoms with Crippen LogP contribution in [-0.4, -0.2) is 16.5 Å². The summed E-state index contributed by atoms with van der Waals surface area (Å²) in [7, 11) is 1.69. The highest BCUT2D eigenvalue weighted by Crippen LogP contribution is 2.30. The van der Waals surface area contributed by atoms with Gasteiger partial charge in [-0.15, -0.1) is 0 Å². The zero-order valence-electron chi connectivity index (χ0n) is 15.2. The standard InChI is InChI=1S/C21H20N2O2S/c1-12(2)15-10-14(13(3)9-18(15)25-4)11-19-20(24)23-17-8-6-5-7-16(17)22-21(23)26-19/h5-12H,1-4H3/b19-11-. The van der Waals surface area contributed by atoms with Gasteiger partial charge in [0.2, 0.25) is 0 Å². The van der Waals surface area contributed by atoms with Crippen LogP contribution >= 0.6 is 11.3 Å². The Morgan fingerprint density at radius 2 is 2.00 bits per heavy atom. The summed E-state index contributed by atoms with van der Waals surface area (Å²) in [6.07, 6.45) is 1.97. The molecule has 0 bridgehead atoms. The van der Waals surface area contributed by atoms with Crippen LogP contribution < -0.4 is 14.8 Å². The Hall–Kier alpha value is -2.66. The van der Waals surface area contributed by atoms with Crippen molar-refractivity contribution in [3.8, 4) is 5.75 Å². The normalized spacial score (nSPS) is 12.6. The number of thiazole rings is 1. The van der Waals surface area contributed by atoms with Gasteiger partial charge in [-0.25, -0.2) is 9.38 Å². The molecule has 0 N–H and O–H groups in total. The molecule has 0 aliphatic heterocycles. The molecule has 0 saturated carbocycles. The molecule has 0 amide bonds. The van der Waals surface area contributed by atoms with Gasteiger partial charge in [-0.05, 0) is 59.9 Å². The molecule has 26 heavy (non-hydrogen) atoms. The lowest BCUT2D eigenvalue weighted by molar-refractivity contribution is 0.407. The number of hydrogen-bond acceptors (Lipinski definition) is 4. The molecule has 0 saturated heterocycles. The Balaban J connectivity index is 1.96. The first kappa shape index (κ1) is 16.8. The third-order valence-electron chi connectivity index (χ3n) is 4.67. The summed E-state index contributed by atoms with van der Waals surface area (Å²) in [6.45, 7) is 6.32. The summed E-state index contributed by atoms with van der Waals surface area (Å²) in [5, 5.41) is 0. The molecule has 0 fully saturated rings. The van der Waals surface area contributed by atoms with Crippen molar-refractivity contribution in [2.75, 3.05) is 7.11 Å². The predicted octanol–water partition coefficient (Wildman–Crippen LogP) is 3.90. The van der Waals surface area contributed by atoms with Crippen molar-refractivity contribution in [2.24, 2.45) is 0 Å². The van der Waals surface area contributed by atoms with E-state index in [1.54, 1.807) is 11.5 Å². The zero-order chi connectivity index (χ0) is 18.4. The average Bonchev–Trinajstić information content (AvgIpc) is 3.12. The lowest BCUT2D eigenvalue weighted by Crippen LogP contribution is -2.22. The van der Waals surface area contributed by atoms with Crippen molar-refractivity contribution in [3.05, 3.63) is 68.0 Å². The summed E-state index contributed by atoms with van der Waals surface area (Å²) in [6, 6.07) is 11.9. The Morgan fingerprint density at radius 3 is 2.73 bits per heavy atom. The molecule has 0 aliphatic carbocycles. The van der Waals surface area contributed by atoms with Gasteiger partial charge >= 0.3 is 0 Å². The van der Waals surface area contributed by atoms with Crippen LogP contribution in [0, 0.1) is 6.92 Å². The van der Waals surface area contributed by atoms with Gasteiger partial charge in [0.1, 0.15) is 5.75 Å². The number of ether oxygens (including phenoxy) is 1. The summed E-state index contributed by atoms with van der Waals surface area (Å²) in [4.78, 5) is 18.2. The first-order valence-electron chi connectivity index (χ1n) is 8.60. The van der Waals surface area contributed by atoms with E-state index in [1.807, 2.05) is 43.3 Å². The number of rotatable bonds is 3. The Kier molecular flexibility index (Phi) is 4.04. The summed E-state index contributed by atoms with van der Waals surface area (Å²) in [5.41, 5.74) is 4.97. The molecular formula is C21H20N2O2S. The van der Waals surface area contributed by atoms with Crippen molar-refractivity contribution >= 4 is 33.4 Å². The van der Waals surface area contributed by atoms with Crippen molar-refractivity contribution in [1.29, 1.82) is 0 Å². The smallest absolute Gasteiger partial charge is 0.274 e. The minimum absolute atomic E-state index is 0.0139. The van der Waals surface area contributed by atoms with Gasteiger partial charge in [-0.3, -0.25) is 4.79 Å². The molecule has 5 heteroatoms. The van der Waals surface area contributed by atoms with E-state index in [0.29, 0.717) is 10.5 Å². The second-order valence-electron chi connectivity index (χ2n) is 6.74. The van der Waals surface area contributed by atoms with Gasteiger partial charge in [-0.1, -0.05) is 37.3 Å². The molecule has 0 spiro atoms. The number of fused-ring (bicyclic) bond motifs is 3.